The highest BCUT2D eigenvalue weighted by Gasteiger charge is 2.31. The van der Waals surface area contributed by atoms with Gasteiger partial charge in [-0.1, -0.05) is 0 Å². The van der Waals surface area contributed by atoms with Gasteiger partial charge in [0.05, 0.1) is 17.1 Å². The van der Waals surface area contributed by atoms with Crippen molar-refractivity contribution in [2.75, 3.05) is 25.6 Å². The third kappa shape index (κ3) is 6.99. The standard InChI is InChI=1S/C17H16BrF3N2O5S/c1-27-9-8-22-29(25,26)13-6-7-15(18)14(10-13)16(24)23-11-2-4-12(5-3-11)28-17(19,20)21/h2-7,10,22H,8-9H2,1H3,(H,23,24). The van der Waals surface area contributed by atoms with Crippen LogP contribution in [0.5, 0.6) is 5.75 Å². The number of carbonyl (C=O) groups is 1. The summed E-state index contributed by atoms with van der Waals surface area (Å²) in [7, 11) is -2.43. The van der Waals surface area contributed by atoms with Crippen molar-refractivity contribution in [1.29, 1.82) is 0 Å². The van der Waals surface area contributed by atoms with Crippen LogP contribution in [0.3, 0.4) is 0 Å². The Balaban J connectivity index is 2.16. The van der Waals surface area contributed by atoms with Crippen LogP contribution in [-0.4, -0.2) is 40.9 Å². The van der Waals surface area contributed by atoms with Crippen LogP contribution in [0.1, 0.15) is 10.4 Å². The number of amides is 1. The molecule has 2 aromatic carbocycles. The fourth-order valence-electron chi connectivity index (χ4n) is 2.15. The molecule has 0 unspecified atom stereocenters. The third-order valence-corrected chi connectivity index (χ3v) is 5.59. The van der Waals surface area contributed by atoms with E-state index in [1.54, 1.807) is 0 Å². The molecule has 0 aliphatic carbocycles. The zero-order valence-corrected chi connectivity index (χ0v) is 17.3. The summed E-state index contributed by atoms with van der Waals surface area (Å²) in [5.41, 5.74) is 0.220. The number of methoxy groups -OCH3 is 1. The van der Waals surface area contributed by atoms with Crippen LogP contribution < -0.4 is 14.8 Å². The second-order valence-corrected chi connectivity index (χ2v) is 8.18. The highest BCUT2D eigenvalue weighted by atomic mass is 79.9. The lowest BCUT2D eigenvalue weighted by Gasteiger charge is -2.12. The molecule has 0 radical (unpaired) electrons. The summed E-state index contributed by atoms with van der Waals surface area (Å²) in [5, 5.41) is 2.48. The molecule has 0 aromatic heterocycles. The van der Waals surface area contributed by atoms with E-state index in [2.05, 4.69) is 30.7 Å². The molecule has 12 heteroatoms. The largest absolute Gasteiger partial charge is 0.573 e. The Morgan fingerprint density at radius 1 is 1.14 bits per heavy atom. The van der Waals surface area contributed by atoms with Gasteiger partial charge in [-0.25, -0.2) is 13.1 Å². The van der Waals surface area contributed by atoms with Crippen molar-refractivity contribution in [3.05, 3.63) is 52.5 Å². The Morgan fingerprint density at radius 2 is 1.79 bits per heavy atom. The number of halogens is 4. The van der Waals surface area contributed by atoms with Gasteiger partial charge in [-0.3, -0.25) is 4.79 Å². The molecule has 158 valence electrons. The van der Waals surface area contributed by atoms with Crippen molar-refractivity contribution in [3.8, 4) is 5.75 Å². The lowest BCUT2D eigenvalue weighted by molar-refractivity contribution is -0.274. The maximum absolute atomic E-state index is 12.5. The number of benzene rings is 2. The maximum Gasteiger partial charge on any atom is 0.573 e. The van der Waals surface area contributed by atoms with Gasteiger partial charge in [-0.15, -0.1) is 13.2 Å². The fourth-order valence-corrected chi connectivity index (χ4v) is 3.61. The van der Waals surface area contributed by atoms with Gasteiger partial charge in [0.15, 0.2) is 0 Å². The minimum atomic E-state index is -4.82. The summed E-state index contributed by atoms with van der Waals surface area (Å²) < 4.78 is 72.4. The molecule has 0 saturated carbocycles. The quantitative estimate of drug-likeness (QED) is 0.545. The Kier molecular flexibility index (Phi) is 7.63. The van der Waals surface area contributed by atoms with Gasteiger partial charge in [0.25, 0.3) is 5.91 Å². The van der Waals surface area contributed by atoms with Gasteiger partial charge < -0.3 is 14.8 Å². The van der Waals surface area contributed by atoms with Crippen LogP contribution in [0.25, 0.3) is 0 Å². The first-order chi connectivity index (χ1) is 13.5. The lowest BCUT2D eigenvalue weighted by Crippen LogP contribution is -2.27. The number of sulfonamides is 1. The summed E-state index contributed by atoms with van der Waals surface area (Å²) >= 11 is 3.18. The number of nitrogens with one attached hydrogen (secondary N) is 2. The first-order valence-corrected chi connectivity index (χ1v) is 10.2. The van der Waals surface area contributed by atoms with Gasteiger partial charge in [0.1, 0.15) is 5.75 Å². The first kappa shape index (κ1) is 23.1. The molecule has 7 nitrogen and oxygen atoms in total. The van der Waals surface area contributed by atoms with Crippen LogP contribution in [-0.2, 0) is 14.8 Å². The van der Waals surface area contributed by atoms with Crippen molar-refractivity contribution in [1.82, 2.24) is 4.72 Å². The second-order valence-electron chi connectivity index (χ2n) is 5.56. The summed E-state index contributed by atoms with van der Waals surface area (Å²) in [6, 6.07) is 8.42. The molecule has 0 fully saturated rings. The summed E-state index contributed by atoms with van der Waals surface area (Å²) in [6.07, 6.45) is -4.82. The maximum atomic E-state index is 12.5. The molecule has 2 N–H and O–H groups in total. The molecule has 0 heterocycles. The minimum absolute atomic E-state index is 0.0234. The second kappa shape index (κ2) is 9.57. The van der Waals surface area contributed by atoms with Crippen LogP contribution in [0.2, 0.25) is 0 Å². The molecule has 0 atom stereocenters. The van der Waals surface area contributed by atoms with Gasteiger partial charge in [0.2, 0.25) is 10.0 Å². The minimum Gasteiger partial charge on any atom is -0.406 e. The van der Waals surface area contributed by atoms with Gasteiger partial charge in [0, 0.05) is 23.8 Å². The Hall–Kier alpha value is -2.15. The number of carbonyl (C=O) groups excluding carboxylic acids is 1. The highest BCUT2D eigenvalue weighted by Crippen LogP contribution is 2.25. The Bertz CT molecular complexity index is 966. The monoisotopic (exact) mass is 496 g/mol. The van der Waals surface area contributed by atoms with E-state index in [1.807, 2.05) is 0 Å². The third-order valence-electron chi connectivity index (χ3n) is 3.44. The predicted molar refractivity (Wildman–Crippen MR) is 102 cm³/mol. The number of rotatable bonds is 8. The van der Waals surface area contributed by atoms with E-state index < -0.39 is 28.0 Å². The number of anilines is 1. The van der Waals surface area contributed by atoms with Crippen molar-refractivity contribution in [2.24, 2.45) is 0 Å². The van der Waals surface area contributed by atoms with E-state index in [1.165, 1.54) is 37.4 Å². The zero-order valence-electron chi connectivity index (χ0n) is 14.9. The molecule has 1 amide bonds. The molecule has 0 spiro atoms. The molecule has 2 rings (SSSR count). The van der Waals surface area contributed by atoms with E-state index in [0.717, 1.165) is 12.1 Å². The van der Waals surface area contributed by atoms with E-state index in [4.69, 9.17) is 4.74 Å². The van der Waals surface area contributed by atoms with Gasteiger partial charge in [-0.2, -0.15) is 0 Å². The molecule has 0 saturated heterocycles. The van der Waals surface area contributed by atoms with Gasteiger partial charge in [-0.05, 0) is 58.4 Å². The molecular weight excluding hydrogens is 481 g/mol. The molecule has 29 heavy (non-hydrogen) atoms. The summed E-state index contributed by atoms with van der Waals surface area (Å²) in [6.45, 7) is 0.236. The molecule has 2 aromatic rings. The summed E-state index contributed by atoms with van der Waals surface area (Å²) in [4.78, 5) is 12.4. The van der Waals surface area contributed by atoms with Crippen molar-refractivity contribution in [2.45, 2.75) is 11.3 Å². The number of hydrogen-bond acceptors (Lipinski definition) is 5. The van der Waals surface area contributed by atoms with Crippen molar-refractivity contribution >= 4 is 37.5 Å². The molecule has 0 bridgehead atoms. The smallest absolute Gasteiger partial charge is 0.406 e. The van der Waals surface area contributed by atoms with E-state index >= 15 is 0 Å². The van der Waals surface area contributed by atoms with Crippen LogP contribution >= 0.6 is 15.9 Å². The van der Waals surface area contributed by atoms with Crippen LogP contribution in [0.4, 0.5) is 18.9 Å². The average Bonchev–Trinajstić information content (AvgIpc) is 2.62. The van der Waals surface area contributed by atoms with Crippen molar-refractivity contribution in [3.63, 3.8) is 0 Å². The molecule has 0 aliphatic rings. The number of alkyl halides is 3. The van der Waals surface area contributed by atoms with Crippen molar-refractivity contribution < 1.29 is 35.9 Å². The fraction of sp³-hybridized carbons (Fsp3) is 0.235. The molecular formula is C17H16BrF3N2O5S. The number of ether oxygens (including phenoxy) is 2. The van der Waals surface area contributed by atoms with E-state index in [9.17, 15) is 26.4 Å². The Morgan fingerprint density at radius 3 is 2.38 bits per heavy atom. The topological polar surface area (TPSA) is 93.7 Å². The first-order valence-electron chi connectivity index (χ1n) is 7.97. The van der Waals surface area contributed by atoms with Gasteiger partial charge >= 0.3 is 6.36 Å². The zero-order chi connectivity index (χ0) is 21.7. The molecule has 0 aliphatic heterocycles. The Labute approximate surface area is 173 Å². The predicted octanol–water partition coefficient (Wildman–Crippen LogP) is 3.52. The normalized spacial score (nSPS) is 11.9. The number of hydrogen-bond donors (Lipinski definition) is 2. The van der Waals surface area contributed by atoms with E-state index in [0.29, 0.717) is 4.47 Å². The highest BCUT2D eigenvalue weighted by molar-refractivity contribution is 9.10. The SMILES string of the molecule is COCCNS(=O)(=O)c1ccc(Br)c(C(=O)Nc2ccc(OC(F)(F)F)cc2)c1. The summed E-state index contributed by atoms with van der Waals surface area (Å²) in [5.74, 6) is -1.10. The van der Waals surface area contributed by atoms with Crippen LogP contribution in [0.15, 0.2) is 51.8 Å². The van der Waals surface area contributed by atoms with Crippen LogP contribution in [0, 0.1) is 0 Å². The van der Waals surface area contributed by atoms with E-state index in [-0.39, 0.29) is 29.3 Å². The lowest BCUT2D eigenvalue weighted by atomic mass is 10.2. The average molecular weight is 497 g/mol.